The van der Waals surface area contributed by atoms with Crippen LogP contribution in [0.25, 0.3) is 50.7 Å². The van der Waals surface area contributed by atoms with Gasteiger partial charge in [0.05, 0.1) is 11.1 Å². The van der Waals surface area contributed by atoms with Gasteiger partial charge >= 0.3 is 0 Å². The van der Waals surface area contributed by atoms with Gasteiger partial charge in [-0.15, -0.1) is 0 Å². The normalized spacial score (nSPS) is 16.7. The quantitative estimate of drug-likeness (QED) is 0.178. The maximum absolute atomic E-state index is 2.66. The van der Waals surface area contributed by atoms with E-state index in [0.29, 0.717) is 0 Å². The topological polar surface area (TPSA) is 11.6 Å². The van der Waals surface area contributed by atoms with Crippen LogP contribution < -0.4 is 13.7 Å². The monoisotopic (exact) mass is 556 g/mol. The Labute approximate surface area is 253 Å². The van der Waals surface area contributed by atoms with E-state index in [1.54, 1.807) is 0 Å². The molecule has 0 aliphatic carbocycles. The lowest BCUT2D eigenvalue weighted by Crippen LogP contribution is -2.66. The van der Waals surface area contributed by atoms with Crippen molar-refractivity contribution in [2.45, 2.75) is 46.2 Å². The van der Waals surface area contributed by atoms with Gasteiger partial charge in [-0.25, -0.2) is 0 Å². The van der Waals surface area contributed by atoms with Crippen LogP contribution in [0.1, 0.15) is 33.4 Å². The first-order chi connectivity index (χ1) is 21.0. The largest absolute Gasteiger partial charge is 0.256 e. The minimum Gasteiger partial charge on any atom is -0.190 e. The molecule has 3 aliphatic heterocycles. The first kappa shape index (κ1) is 24.7. The SMILES string of the molecule is Cc1cc(C)c2c3c1-c1cccc[n+]1CC1(Cc4ccccc4-c4c(C)cc(C)c([n+]4-3)-c3ccccc31)[n+]1ccccc1-2. The first-order valence-electron chi connectivity index (χ1n) is 15.4. The van der Waals surface area contributed by atoms with Gasteiger partial charge in [0.15, 0.2) is 12.4 Å². The van der Waals surface area contributed by atoms with E-state index in [-0.39, 0.29) is 0 Å². The van der Waals surface area contributed by atoms with Crippen LogP contribution in [-0.4, -0.2) is 0 Å². The Hall–Kier alpha value is -4.89. The highest BCUT2D eigenvalue weighted by atomic mass is 15.1. The maximum Gasteiger partial charge on any atom is 0.256 e. The molecule has 3 aliphatic rings. The second-order valence-corrected chi connectivity index (χ2v) is 12.7. The molecule has 1 atom stereocenters. The molecule has 9 rings (SSSR count). The molecule has 6 aromatic rings. The van der Waals surface area contributed by atoms with Crippen LogP contribution in [0.5, 0.6) is 0 Å². The van der Waals surface area contributed by atoms with Gasteiger partial charge in [0.25, 0.3) is 5.54 Å². The number of benzene rings is 3. The van der Waals surface area contributed by atoms with Crippen LogP contribution in [0.4, 0.5) is 0 Å². The van der Waals surface area contributed by atoms with Crippen molar-refractivity contribution in [2.24, 2.45) is 0 Å². The predicted molar refractivity (Wildman–Crippen MR) is 170 cm³/mol. The van der Waals surface area contributed by atoms with E-state index in [9.17, 15) is 0 Å². The molecule has 206 valence electrons. The fraction of sp³-hybridized carbons (Fsp3) is 0.175. The van der Waals surface area contributed by atoms with Gasteiger partial charge in [0.1, 0.15) is 11.1 Å². The Balaban J connectivity index is 1.72. The van der Waals surface area contributed by atoms with Crippen molar-refractivity contribution in [3.8, 4) is 50.7 Å². The number of hydrogen-bond acceptors (Lipinski definition) is 0. The van der Waals surface area contributed by atoms with Crippen molar-refractivity contribution >= 4 is 0 Å². The van der Waals surface area contributed by atoms with E-state index >= 15 is 0 Å². The highest BCUT2D eigenvalue weighted by Crippen LogP contribution is 2.47. The molecule has 43 heavy (non-hydrogen) atoms. The van der Waals surface area contributed by atoms with Crippen LogP contribution >= 0.6 is 0 Å². The molecule has 0 saturated heterocycles. The average Bonchev–Trinajstić information content (AvgIpc) is 3.08. The standard InChI is InChI=1S/C40H34N3/c1-25-21-26(2)36-34-18-10-12-20-42(34)40-23-29-13-5-6-14-30(29)37-27(3)22-28(4)38(31-15-7-8-16-32(31)40)43(37)39(36)35(25)33-17-9-11-19-41(33)24-40/h5-22H,23-24H2,1-4H3/q+3. The Morgan fingerprint density at radius 1 is 0.581 bits per heavy atom. The van der Waals surface area contributed by atoms with Gasteiger partial charge in [-0.3, -0.25) is 0 Å². The highest BCUT2D eigenvalue weighted by Gasteiger charge is 2.55. The summed E-state index contributed by atoms with van der Waals surface area (Å²) in [7, 11) is 0. The summed E-state index contributed by atoms with van der Waals surface area (Å²) in [6, 6.07) is 36.7. The van der Waals surface area contributed by atoms with Crippen molar-refractivity contribution < 1.29 is 13.7 Å². The summed E-state index contributed by atoms with van der Waals surface area (Å²) in [5, 5.41) is 0. The molecule has 1 spiro atoms. The van der Waals surface area contributed by atoms with Crippen LogP contribution in [0.15, 0.2) is 109 Å². The summed E-state index contributed by atoms with van der Waals surface area (Å²) < 4.78 is 7.81. The minimum atomic E-state index is -0.413. The van der Waals surface area contributed by atoms with E-state index in [1.807, 2.05) is 0 Å². The lowest BCUT2D eigenvalue weighted by atomic mass is 9.78. The summed E-state index contributed by atoms with van der Waals surface area (Å²) in [5.74, 6) is 0. The van der Waals surface area contributed by atoms with Gasteiger partial charge < -0.3 is 0 Å². The zero-order chi connectivity index (χ0) is 29.0. The highest BCUT2D eigenvalue weighted by molar-refractivity contribution is 5.85. The summed E-state index contributed by atoms with van der Waals surface area (Å²) >= 11 is 0. The molecule has 0 N–H and O–H groups in total. The Bertz CT molecular complexity index is 2030. The van der Waals surface area contributed by atoms with E-state index in [1.165, 1.54) is 84.1 Å². The fourth-order valence-corrected chi connectivity index (χ4v) is 8.64. The number of nitrogens with zero attached hydrogens (tertiary/aromatic N) is 3. The molecule has 0 amide bonds. The molecule has 0 radical (unpaired) electrons. The van der Waals surface area contributed by atoms with E-state index < -0.39 is 5.54 Å². The first-order valence-corrected chi connectivity index (χ1v) is 15.4. The molecule has 0 fully saturated rings. The van der Waals surface area contributed by atoms with Crippen LogP contribution in [-0.2, 0) is 18.5 Å². The fourth-order valence-electron chi connectivity index (χ4n) is 8.64. The van der Waals surface area contributed by atoms with Crippen LogP contribution in [0.2, 0.25) is 0 Å². The molecule has 7 bridgehead atoms. The van der Waals surface area contributed by atoms with Gasteiger partial charge in [0, 0.05) is 47.4 Å². The summed E-state index contributed by atoms with van der Waals surface area (Å²) in [6.45, 7) is 10.0. The average molecular weight is 557 g/mol. The predicted octanol–water partition coefficient (Wildman–Crippen LogP) is 7.07. The van der Waals surface area contributed by atoms with E-state index in [0.717, 1.165) is 13.0 Å². The van der Waals surface area contributed by atoms with E-state index in [4.69, 9.17) is 0 Å². The lowest BCUT2D eigenvalue weighted by molar-refractivity contribution is -0.814. The van der Waals surface area contributed by atoms with Crippen LogP contribution in [0, 0.1) is 27.7 Å². The number of hydrogen-bond donors (Lipinski definition) is 0. The van der Waals surface area contributed by atoms with E-state index in [2.05, 4.69) is 151 Å². The minimum absolute atomic E-state index is 0.413. The van der Waals surface area contributed by atoms with Crippen LogP contribution in [0.3, 0.4) is 0 Å². The van der Waals surface area contributed by atoms with Gasteiger partial charge in [-0.1, -0.05) is 42.5 Å². The lowest BCUT2D eigenvalue weighted by Gasteiger charge is -2.29. The smallest absolute Gasteiger partial charge is 0.190 e. The second-order valence-electron chi connectivity index (χ2n) is 12.7. The Morgan fingerprint density at radius 2 is 1.19 bits per heavy atom. The third-order valence-electron chi connectivity index (χ3n) is 10.2. The summed E-state index contributed by atoms with van der Waals surface area (Å²) in [6.07, 6.45) is 5.50. The molecular weight excluding hydrogens is 522 g/mol. The van der Waals surface area contributed by atoms with Crippen molar-refractivity contribution in [3.63, 3.8) is 0 Å². The molecule has 1 unspecified atom stereocenters. The molecule has 3 nitrogen and oxygen atoms in total. The number of fused-ring (bicyclic) bond motifs is 4. The molecular formula is C40H34N3+3. The number of aromatic nitrogens is 3. The molecule has 6 heterocycles. The molecule has 3 aromatic heterocycles. The summed E-state index contributed by atoms with van der Waals surface area (Å²) in [5.41, 5.74) is 19.2. The van der Waals surface area contributed by atoms with Crippen molar-refractivity contribution in [2.75, 3.05) is 0 Å². The molecule has 3 aromatic carbocycles. The zero-order valence-electron chi connectivity index (χ0n) is 25.1. The Morgan fingerprint density at radius 3 is 2.00 bits per heavy atom. The molecule has 3 heteroatoms. The van der Waals surface area contributed by atoms with Gasteiger partial charge in [0.2, 0.25) is 35.0 Å². The van der Waals surface area contributed by atoms with Gasteiger partial charge in [-0.05, 0) is 74.7 Å². The third kappa shape index (κ3) is 3.12. The number of pyridine rings is 3. The van der Waals surface area contributed by atoms with Gasteiger partial charge in [-0.2, -0.15) is 13.7 Å². The zero-order valence-corrected chi connectivity index (χ0v) is 25.1. The van der Waals surface area contributed by atoms with Crippen molar-refractivity contribution in [1.82, 2.24) is 0 Å². The third-order valence-corrected chi connectivity index (χ3v) is 10.2. The summed E-state index contributed by atoms with van der Waals surface area (Å²) in [4.78, 5) is 0. The van der Waals surface area contributed by atoms with Crippen molar-refractivity contribution in [3.05, 3.63) is 143 Å². The number of aryl methyl sites for hydroxylation is 4. The maximum atomic E-state index is 2.66. The Kier molecular flexibility index (Phi) is 4.92. The second kappa shape index (κ2) is 8.58. The molecule has 0 saturated carbocycles. The van der Waals surface area contributed by atoms with Crippen molar-refractivity contribution in [1.29, 1.82) is 0 Å². The number of rotatable bonds is 0.